The molecule has 0 aromatic carbocycles. The Bertz CT molecular complexity index is 252. The van der Waals surface area contributed by atoms with Crippen LogP contribution in [-0.2, 0) is 0 Å². The van der Waals surface area contributed by atoms with Gasteiger partial charge in [-0.2, -0.15) is 0 Å². The van der Waals surface area contributed by atoms with E-state index >= 15 is 0 Å². The van der Waals surface area contributed by atoms with Crippen molar-refractivity contribution in [2.45, 2.75) is 36.7 Å². The van der Waals surface area contributed by atoms with Crippen molar-refractivity contribution < 1.29 is 32.1 Å². The van der Waals surface area contributed by atoms with E-state index in [1.807, 2.05) is 0 Å². The third-order valence-electron chi connectivity index (χ3n) is 2.33. The third kappa shape index (κ3) is 1.63. The minimum Gasteiger partial charge on any atom is -0.392 e. The molecule has 1 heterocycles. The largest absolute Gasteiger partial charge is 0.392 e. The Kier molecular flexibility index (Phi) is 2.48. The number of aliphatic hydroxyl groups is 6. The van der Waals surface area contributed by atoms with Gasteiger partial charge < -0.3 is 30.6 Å². The molecule has 1 unspecified atom stereocenters. The lowest BCUT2D eigenvalue weighted by Gasteiger charge is -2.49. The molecule has 7 heteroatoms. The lowest BCUT2D eigenvalue weighted by Crippen LogP contribution is -2.78. The van der Waals surface area contributed by atoms with Crippen LogP contribution in [0.2, 0.25) is 1.41 Å². The fraction of sp³-hybridized carbons (Fsp3) is 1.00. The van der Waals surface area contributed by atoms with Gasteiger partial charge in [-0.1, -0.05) is 0 Å². The average molecular weight is 210 g/mol. The molecule has 1 aliphatic heterocycles. The van der Waals surface area contributed by atoms with Crippen LogP contribution in [0.1, 0.15) is 6.92 Å². The zero-order chi connectivity index (χ0) is 12.0. The molecule has 1 rings (SSSR count). The van der Waals surface area contributed by atoms with Crippen molar-refractivity contribution in [3.63, 3.8) is 0 Å². The minimum absolute atomic E-state index is 0.0715. The van der Waals surface area contributed by atoms with Gasteiger partial charge in [0.15, 0.2) is 5.72 Å². The first-order valence-corrected chi connectivity index (χ1v) is 4.08. The average Bonchev–Trinajstić information content (AvgIpc) is 2.22. The summed E-state index contributed by atoms with van der Waals surface area (Å²) in [6.07, 6.45) is -5.66. The van der Waals surface area contributed by atoms with Gasteiger partial charge in [-0.25, -0.2) is 0 Å². The lowest BCUT2D eigenvalue weighted by molar-refractivity contribution is -0.277. The highest BCUT2D eigenvalue weighted by molar-refractivity contribution is 5.04. The zero-order valence-corrected chi connectivity index (χ0v) is 7.57. The van der Waals surface area contributed by atoms with E-state index in [1.165, 1.54) is 0 Å². The van der Waals surface area contributed by atoms with Crippen LogP contribution >= 0.6 is 0 Å². The van der Waals surface area contributed by atoms with E-state index in [9.17, 15) is 25.5 Å². The van der Waals surface area contributed by atoms with Crippen LogP contribution in [0.15, 0.2) is 0 Å². The van der Waals surface area contributed by atoms with Gasteiger partial charge in [0.2, 0.25) is 0 Å². The first-order valence-electron chi connectivity index (χ1n) is 4.53. The van der Waals surface area contributed by atoms with Gasteiger partial charge in [0.25, 0.3) is 0 Å². The standard InChI is InChI=1S/C7H15NO6/c1-6(13)4(11)3(10)5(12)7(14,2-9)8-6/h3-5,8-14H,2H2,1H3/t3-,4-,5+,6?,7-/m1/s1/i/hD. The topological polar surface area (TPSA) is 133 Å². The highest BCUT2D eigenvalue weighted by Gasteiger charge is 2.55. The van der Waals surface area contributed by atoms with E-state index in [4.69, 9.17) is 6.52 Å². The second kappa shape index (κ2) is 3.38. The third-order valence-corrected chi connectivity index (χ3v) is 2.33. The smallest absolute Gasteiger partial charge is 0.170 e. The van der Waals surface area contributed by atoms with Gasteiger partial charge in [0.1, 0.15) is 25.4 Å². The molecule has 84 valence electrons. The maximum Gasteiger partial charge on any atom is 0.170 e. The highest BCUT2D eigenvalue weighted by atomic mass is 16.4. The van der Waals surface area contributed by atoms with Gasteiger partial charge in [-0.3, -0.25) is 5.31 Å². The highest BCUT2D eigenvalue weighted by Crippen LogP contribution is 2.26. The monoisotopic (exact) mass is 210 g/mol. The molecule has 0 aliphatic carbocycles. The summed E-state index contributed by atoms with van der Waals surface area (Å²) in [6.45, 7) is -0.0992. The van der Waals surface area contributed by atoms with E-state index in [-0.39, 0.29) is 5.31 Å². The Balaban J connectivity index is 3.13. The van der Waals surface area contributed by atoms with Gasteiger partial charge in [0, 0.05) is 0 Å². The maximum atomic E-state index is 9.65. The van der Waals surface area contributed by atoms with Crippen LogP contribution in [-0.4, -0.2) is 67.0 Å². The van der Waals surface area contributed by atoms with E-state index in [0.29, 0.717) is 0 Å². The number of hydrogen-bond acceptors (Lipinski definition) is 7. The SMILES string of the molecule is [2H]N1C(C)(O)[C@H](O)[C@@H](O)[C@H](O)[C@]1(O)CO. The molecule has 0 radical (unpaired) electrons. The molecular weight excluding hydrogens is 194 g/mol. The number of hydrogen-bond donors (Lipinski definition) is 7. The predicted octanol–water partition coefficient (Wildman–Crippen LogP) is -3.94. The molecule has 0 spiro atoms. The van der Waals surface area contributed by atoms with Crippen LogP contribution < -0.4 is 5.31 Å². The van der Waals surface area contributed by atoms with Crippen LogP contribution in [0.25, 0.3) is 0 Å². The van der Waals surface area contributed by atoms with Crippen LogP contribution in [0.3, 0.4) is 0 Å². The predicted molar refractivity (Wildman–Crippen MR) is 43.8 cm³/mol. The molecule has 0 bridgehead atoms. The quantitative estimate of drug-likeness (QED) is 0.235. The molecule has 0 aromatic rings. The van der Waals surface area contributed by atoms with Gasteiger partial charge in [-0.05, 0) is 6.92 Å². The lowest BCUT2D eigenvalue weighted by atomic mass is 9.86. The Labute approximate surface area is 81.7 Å². The van der Waals surface area contributed by atoms with Crippen molar-refractivity contribution in [3.8, 4) is 0 Å². The van der Waals surface area contributed by atoms with E-state index in [2.05, 4.69) is 0 Å². The maximum absolute atomic E-state index is 9.65. The number of piperidine rings is 1. The number of rotatable bonds is 1. The molecule has 7 nitrogen and oxygen atoms in total. The fourth-order valence-electron chi connectivity index (χ4n) is 1.42. The zero-order valence-electron chi connectivity index (χ0n) is 8.57. The van der Waals surface area contributed by atoms with E-state index in [0.717, 1.165) is 6.92 Å². The summed E-state index contributed by atoms with van der Waals surface area (Å²) in [5.41, 5.74) is -4.81. The molecule has 5 atom stereocenters. The molecule has 7 N–H and O–H groups in total. The van der Waals surface area contributed by atoms with Crippen LogP contribution in [0.4, 0.5) is 0 Å². The van der Waals surface area contributed by atoms with Gasteiger partial charge in [-0.15, -0.1) is 0 Å². The normalized spacial score (nSPS) is 57.1. The number of nitrogens with one attached hydrogen (secondary N) is 1. The Morgan fingerprint density at radius 3 is 2.21 bits per heavy atom. The number of aliphatic hydroxyl groups excluding tert-OH is 4. The first kappa shape index (κ1) is 10.2. The van der Waals surface area contributed by atoms with Crippen LogP contribution in [0.5, 0.6) is 0 Å². The van der Waals surface area contributed by atoms with Crippen molar-refractivity contribution in [1.29, 1.82) is 0 Å². The summed E-state index contributed by atoms with van der Waals surface area (Å²) in [5.74, 6) is 0. The van der Waals surface area contributed by atoms with Crippen molar-refractivity contribution in [1.82, 2.24) is 5.31 Å². The summed E-state index contributed by atoms with van der Waals surface area (Å²) in [4.78, 5) is 0. The van der Waals surface area contributed by atoms with Crippen molar-refractivity contribution >= 4 is 0 Å². The van der Waals surface area contributed by atoms with Gasteiger partial charge in [0.05, 0.1) is 6.61 Å². The Hall–Kier alpha value is -0.280. The summed E-state index contributed by atoms with van der Waals surface area (Å²) in [7, 11) is 0. The summed E-state index contributed by atoms with van der Waals surface area (Å²) >= 11 is 0. The molecule has 0 saturated carbocycles. The molecule has 1 saturated heterocycles. The Morgan fingerprint density at radius 2 is 1.79 bits per heavy atom. The Morgan fingerprint density at radius 1 is 1.29 bits per heavy atom. The minimum atomic E-state index is -2.53. The molecule has 14 heavy (non-hydrogen) atoms. The van der Waals surface area contributed by atoms with Crippen molar-refractivity contribution in [2.24, 2.45) is 0 Å². The van der Waals surface area contributed by atoms with E-state index < -0.39 is 36.4 Å². The van der Waals surface area contributed by atoms with Crippen molar-refractivity contribution in [3.05, 3.63) is 0 Å². The van der Waals surface area contributed by atoms with Crippen LogP contribution in [0, 0.1) is 0 Å². The first-order chi connectivity index (χ1) is 6.69. The molecule has 0 aromatic heterocycles. The molecule has 0 amide bonds. The second-order valence-corrected chi connectivity index (χ2v) is 3.62. The van der Waals surface area contributed by atoms with Crippen molar-refractivity contribution in [2.75, 3.05) is 6.61 Å². The fourth-order valence-corrected chi connectivity index (χ4v) is 1.42. The molecule has 1 fully saturated rings. The summed E-state index contributed by atoms with van der Waals surface area (Å²) < 4.78 is 7.32. The molecule has 1 aliphatic rings. The molecular formula is C7H15NO6. The summed E-state index contributed by atoms with van der Waals surface area (Å²) in [5, 5.41) is 56.2. The van der Waals surface area contributed by atoms with E-state index in [1.54, 1.807) is 0 Å². The summed E-state index contributed by atoms with van der Waals surface area (Å²) in [6, 6.07) is 0. The second-order valence-electron chi connectivity index (χ2n) is 3.62. The van der Waals surface area contributed by atoms with Gasteiger partial charge >= 0.3 is 0 Å².